The van der Waals surface area contributed by atoms with Gasteiger partial charge in [-0.3, -0.25) is 9.20 Å². The standard InChI is InChI=1S/C24H30N4O3/c1-15(2)20-12-17(13-30-5)26-22-21(25-14-28(20)22)23(29)27-24(3,4)16-7-6-8-19(11-16)31-18-9-10-18/h6-8,11-12,14-15,18H,9-10,13H2,1-5H3,(H,27,29). The van der Waals surface area contributed by atoms with Gasteiger partial charge in [0.1, 0.15) is 12.1 Å². The Bertz CT molecular complexity index is 1100. The second-order valence-electron chi connectivity index (χ2n) is 8.97. The first-order valence-corrected chi connectivity index (χ1v) is 10.7. The molecular weight excluding hydrogens is 392 g/mol. The highest BCUT2D eigenvalue weighted by Gasteiger charge is 2.28. The first-order valence-electron chi connectivity index (χ1n) is 10.7. The van der Waals surface area contributed by atoms with E-state index in [0.717, 1.165) is 35.5 Å². The Labute approximate surface area is 182 Å². The summed E-state index contributed by atoms with van der Waals surface area (Å²) in [6, 6.07) is 9.91. The van der Waals surface area contributed by atoms with Crippen LogP contribution in [0.1, 0.15) is 73.9 Å². The summed E-state index contributed by atoms with van der Waals surface area (Å²) >= 11 is 0. The number of carbonyl (C=O) groups is 1. The Morgan fingerprint density at radius 3 is 2.74 bits per heavy atom. The van der Waals surface area contributed by atoms with Gasteiger partial charge in [-0.2, -0.15) is 0 Å². The van der Waals surface area contributed by atoms with Gasteiger partial charge in [0, 0.05) is 12.8 Å². The Morgan fingerprint density at radius 1 is 1.29 bits per heavy atom. The van der Waals surface area contributed by atoms with Gasteiger partial charge in [0.2, 0.25) is 0 Å². The summed E-state index contributed by atoms with van der Waals surface area (Å²) in [5.41, 5.74) is 3.01. The molecule has 7 nitrogen and oxygen atoms in total. The van der Waals surface area contributed by atoms with Crippen LogP contribution in [0.5, 0.6) is 5.75 Å². The molecule has 0 saturated heterocycles. The van der Waals surface area contributed by atoms with Crippen LogP contribution in [0.25, 0.3) is 5.65 Å². The SMILES string of the molecule is COCc1cc(C(C)C)n2cnc(C(=O)NC(C)(C)c3cccc(OC4CC4)c3)c2n1. The molecule has 0 aliphatic heterocycles. The fourth-order valence-electron chi connectivity index (χ4n) is 3.62. The molecule has 1 N–H and O–H groups in total. The van der Waals surface area contributed by atoms with Gasteiger partial charge >= 0.3 is 0 Å². The fourth-order valence-corrected chi connectivity index (χ4v) is 3.62. The van der Waals surface area contributed by atoms with Crippen LogP contribution in [0, 0.1) is 0 Å². The van der Waals surface area contributed by atoms with Crippen molar-refractivity contribution in [2.45, 2.75) is 64.7 Å². The Hall–Kier alpha value is -2.93. The van der Waals surface area contributed by atoms with E-state index in [1.165, 1.54) is 0 Å². The molecule has 2 aromatic heterocycles. The van der Waals surface area contributed by atoms with E-state index in [2.05, 4.69) is 29.1 Å². The van der Waals surface area contributed by atoms with Crippen molar-refractivity contribution in [2.24, 2.45) is 0 Å². The topological polar surface area (TPSA) is 77.8 Å². The minimum atomic E-state index is -0.610. The number of hydrogen-bond donors (Lipinski definition) is 1. The maximum Gasteiger partial charge on any atom is 0.274 e. The number of nitrogens with one attached hydrogen (secondary N) is 1. The lowest BCUT2D eigenvalue weighted by Crippen LogP contribution is -2.41. The third kappa shape index (κ3) is 4.56. The molecule has 164 valence electrons. The van der Waals surface area contributed by atoms with Crippen LogP contribution in [0.15, 0.2) is 36.7 Å². The van der Waals surface area contributed by atoms with E-state index in [-0.39, 0.29) is 11.8 Å². The fraction of sp³-hybridized carbons (Fsp3) is 0.458. The van der Waals surface area contributed by atoms with Crippen LogP contribution in [-0.4, -0.2) is 33.5 Å². The summed E-state index contributed by atoms with van der Waals surface area (Å²) in [6.07, 6.45) is 4.20. The third-order valence-corrected chi connectivity index (χ3v) is 5.49. The van der Waals surface area contributed by atoms with Crippen molar-refractivity contribution >= 4 is 11.6 Å². The van der Waals surface area contributed by atoms with E-state index in [1.807, 2.05) is 48.6 Å². The van der Waals surface area contributed by atoms with Crippen LogP contribution in [-0.2, 0) is 16.9 Å². The van der Waals surface area contributed by atoms with Gasteiger partial charge in [-0.05, 0) is 56.4 Å². The van der Waals surface area contributed by atoms with Gasteiger partial charge in [-0.25, -0.2) is 9.97 Å². The zero-order valence-corrected chi connectivity index (χ0v) is 18.8. The third-order valence-electron chi connectivity index (χ3n) is 5.49. The smallest absolute Gasteiger partial charge is 0.274 e. The second-order valence-corrected chi connectivity index (χ2v) is 8.97. The number of fused-ring (bicyclic) bond motifs is 1. The van der Waals surface area contributed by atoms with E-state index in [1.54, 1.807) is 13.4 Å². The molecule has 0 radical (unpaired) electrons. The van der Waals surface area contributed by atoms with Crippen molar-refractivity contribution in [3.05, 3.63) is 59.3 Å². The molecule has 0 bridgehead atoms. The number of aromatic nitrogens is 3. The predicted octanol–water partition coefficient (Wildman–Crippen LogP) is 4.21. The van der Waals surface area contributed by atoms with Crippen molar-refractivity contribution in [1.82, 2.24) is 19.7 Å². The Morgan fingerprint density at radius 2 is 2.06 bits per heavy atom. The van der Waals surface area contributed by atoms with Gasteiger partial charge in [-0.15, -0.1) is 0 Å². The predicted molar refractivity (Wildman–Crippen MR) is 118 cm³/mol. The highest BCUT2D eigenvalue weighted by atomic mass is 16.5. The Balaban J connectivity index is 1.63. The van der Waals surface area contributed by atoms with Crippen LogP contribution in [0.3, 0.4) is 0 Å². The molecule has 0 unspecified atom stereocenters. The molecule has 1 aliphatic rings. The minimum Gasteiger partial charge on any atom is -0.490 e. The molecule has 4 rings (SSSR count). The molecule has 1 saturated carbocycles. The molecule has 1 aliphatic carbocycles. The lowest BCUT2D eigenvalue weighted by atomic mass is 9.94. The van der Waals surface area contributed by atoms with E-state index in [0.29, 0.717) is 24.1 Å². The van der Waals surface area contributed by atoms with Gasteiger partial charge in [-0.1, -0.05) is 26.0 Å². The number of hydrogen-bond acceptors (Lipinski definition) is 5. The quantitative estimate of drug-likeness (QED) is 0.589. The average Bonchev–Trinajstić information content (AvgIpc) is 3.42. The molecule has 2 heterocycles. The van der Waals surface area contributed by atoms with Crippen molar-refractivity contribution in [2.75, 3.05) is 7.11 Å². The summed E-state index contributed by atoms with van der Waals surface area (Å²) in [7, 11) is 1.63. The molecule has 3 aromatic rings. The number of imidazole rings is 1. The number of carbonyl (C=O) groups excluding carboxylic acids is 1. The van der Waals surface area contributed by atoms with E-state index >= 15 is 0 Å². The molecule has 0 spiro atoms. The molecule has 0 atom stereocenters. The zero-order valence-electron chi connectivity index (χ0n) is 18.8. The second kappa shape index (κ2) is 8.30. The zero-order chi connectivity index (χ0) is 22.2. The first-order chi connectivity index (χ1) is 14.8. The highest BCUT2D eigenvalue weighted by Crippen LogP contribution is 2.30. The molecule has 1 amide bonds. The molecule has 31 heavy (non-hydrogen) atoms. The van der Waals surface area contributed by atoms with E-state index < -0.39 is 5.54 Å². The maximum atomic E-state index is 13.2. The van der Waals surface area contributed by atoms with E-state index in [4.69, 9.17) is 9.47 Å². The van der Waals surface area contributed by atoms with Crippen molar-refractivity contribution in [3.8, 4) is 5.75 Å². The normalized spacial score (nSPS) is 14.3. The largest absolute Gasteiger partial charge is 0.490 e. The lowest BCUT2D eigenvalue weighted by molar-refractivity contribution is 0.0908. The van der Waals surface area contributed by atoms with Crippen LogP contribution >= 0.6 is 0 Å². The number of nitrogens with zero attached hydrogens (tertiary/aromatic N) is 3. The van der Waals surface area contributed by atoms with Gasteiger partial charge in [0.15, 0.2) is 11.3 Å². The number of methoxy groups -OCH3 is 1. The molecule has 1 fully saturated rings. The summed E-state index contributed by atoms with van der Waals surface area (Å²) < 4.78 is 13.1. The van der Waals surface area contributed by atoms with Crippen LogP contribution < -0.4 is 10.1 Å². The summed E-state index contributed by atoms with van der Waals surface area (Å²) in [6.45, 7) is 8.53. The van der Waals surface area contributed by atoms with Gasteiger partial charge in [0.05, 0.1) is 23.9 Å². The van der Waals surface area contributed by atoms with Crippen molar-refractivity contribution in [1.29, 1.82) is 0 Å². The summed E-state index contributed by atoms with van der Waals surface area (Å²) in [5.74, 6) is 0.817. The monoisotopic (exact) mass is 422 g/mol. The van der Waals surface area contributed by atoms with Crippen molar-refractivity contribution < 1.29 is 14.3 Å². The molecular formula is C24H30N4O3. The summed E-state index contributed by atoms with van der Waals surface area (Å²) in [4.78, 5) is 22.3. The first kappa shape index (κ1) is 21.3. The van der Waals surface area contributed by atoms with Crippen LogP contribution in [0.4, 0.5) is 0 Å². The molecule has 7 heteroatoms. The number of benzene rings is 1. The van der Waals surface area contributed by atoms with Crippen molar-refractivity contribution in [3.63, 3.8) is 0 Å². The number of rotatable bonds is 8. The highest BCUT2D eigenvalue weighted by molar-refractivity contribution is 5.98. The number of ether oxygens (including phenoxy) is 2. The van der Waals surface area contributed by atoms with Crippen LogP contribution in [0.2, 0.25) is 0 Å². The van der Waals surface area contributed by atoms with Gasteiger partial charge < -0.3 is 14.8 Å². The lowest BCUT2D eigenvalue weighted by Gasteiger charge is -2.27. The minimum absolute atomic E-state index is 0.247. The average molecular weight is 423 g/mol. The molecule has 1 aromatic carbocycles. The summed E-state index contributed by atoms with van der Waals surface area (Å²) in [5, 5.41) is 3.12. The van der Waals surface area contributed by atoms with E-state index in [9.17, 15) is 4.79 Å². The Kier molecular flexibility index (Phi) is 5.71. The number of amides is 1. The maximum absolute atomic E-state index is 13.2. The van der Waals surface area contributed by atoms with Gasteiger partial charge in [0.25, 0.3) is 5.91 Å².